The minimum absolute atomic E-state index is 0.129. The third-order valence-corrected chi connectivity index (χ3v) is 4.16. The molecule has 0 atom stereocenters. The van der Waals surface area contributed by atoms with E-state index < -0.39 is 0 Å². The molecule has 0 amide bonds. The van der Waals surface area contributed by atoms with Gasteiger partial charge in [-0.15, -0.1) is 11.3 Å². The van der Waals surface area contributed by atoms with Gasteiger partial charge < -0.3 is 10.2 Å². The normalized spacial score (nSPS) is 10.9. The lowest BCUT2D eigenvalue weighted by atomic mass is 10.2. The Bertz CT molecular complexity index is 739. The lowest BCUT2D eigenvalue weighted by Gasteiger charge is -2.01. The number of halogens is 1. The summed E-state index contributed by atoms with van der Waals surface area (Å²) in [4.78, 5) is 4.46. The van der Waals surface area contributed by atoms with Crippen LogP contribution in [0.3, 0.4) is 0 Å². The fourth-order valence-electron chi connectivity index (χ4n) is 1.72. The summed E-state index contributed by atoms with van der Waals surface area (Å²) in [5, 5.41) is 20.0. The van der Waals surface area contributed by atoms with Crippen molar-refractivity contribution in [1.29, 1.82) is 0 Å². The van der Waals surface area contributed by atoms with Gasteiger partial charge in [-0.3, -0.25) is 0 Å². The first-order valence-electron chi connectivity index (χ1n) is 5.22. The van der Waals surface area contributed by atoms with Crippen LogP contribution in [0.2, 0.25) is 0 Å². The molecule has 0 aliphatic carbocycles. The lowest BCUT2D eigenvalue weighted by Crippen LogP contribution is -1.78. The van der Waals surface area contributed by atoms with Gasteiger partial charge in [-0.1, -0.05) is 22.0 Å². The number of hydrogen-bond donors (Lipinski definition) is 2. The summed E-state index contributed by atoms with van der Waals surface area (Å²) in [6.45, 7) is 0. The minimum atomic E-state index is -0.132. The highest BCUT2D eigenvalue weighted by atomic mass is 79.9. The van der Waals surface area contributed by atoms with Gasteiger partial charge in [-0.2, -0.15) is 0 Å². The number of fused-ring (bicyclic) bond motifs is 1. The first kappa shape index (κ1) is 11.5. The summed E-state index contributed by atoms with van der Waals surface area (Å²) in [6.07, 6.45) is 0. The zero-order chi connectivity index (χ0) is 12.7. The zero-order valence-corrected chi connectivity index (χ0v) is 11.5. The third kappa shape index (κ3) is 1.85. The second-order valence-corrected chi connectivity index (χ2v) is 5.75. The van der Waals surface area contributed by atoms with Crippen molar-refractivity contribution in [2.75, 3.05) is 0 Å². The Morgan fingerprint density at radius 1 is 1.11 bits per heavy atom. The lowest BCUT2D eigenvalue weighted by molar-refractivity contribution is 0.405. The largest absolute Gasteiger partial charge is 0.504 e. The molecule has 0 aliphatic heterocycles. The number of aromatic hydroxyl groups is 2. The Hall–Kier alpha value is -1.59. The van der Waals surface area contributed by atoms with Gasteiger partial charge in [0.15, 0.2) is 11.5 Å². The molecule has 2 aromatic carbocycles. The molecular weight excluding hydrogens is 314 g/mol. The summed E-state index contributed by atoms with van der Waals surface area (Å²) in [6, 6.07) is 10.7. The average molecular weight is 322 g/mol. The smallest absolute Gasteiger partial charge is 0.167 e. The van der Waals surface area contributed by atoms with E-state index >= 15 is 0 Å². The second-order valence-electron chi connectivity index (χ2n) is 3.80. The maximum atomic E-state index is 9.84. The molecule has 0 spiro atoms. The van der Waals surface area contributed by atoms with Crippen LogP contribution >= 0.6 is 27.3 Å². The highest BCUT2D eigenvalue weighted by Crippen LogP contribution is 2.39. The first-order valence-corrected chi connectivity index (χ1v) is 6.83. The maximum absolute atomic E-state index is 9.84. The standard InChI is InChI=1S/C13H8BrNO2S/c14-7-4-5-11-9(6-7)15-13(18-11)8-2-1-3-10(16)12(8)17/h1-6,16-17H. The van der Waals surface area contributed by atoms with Gasteiger partial charge in [0.05, 0.1) is 15.8 Å². The van der Waals surface area contributed by atoms with E-state index in [-0.39, 0.29) is 11.5 Å². The summed E-state index contributed by atoms with van der Waals surface area (Å²) in [5.74, 6) is -0.261. The van der Waals surface area contributed by atoms with E-state index in [0.29, 0.717) is 10.6 Å². The number of rotatable bonds is 1. The minimum Gasteiger partial charge on any atom is -0.504 e. The van der Waals surface area contributed by atoms with Gasteiger partial charge in [-0.05, 0) is 30.3 Å². The van der Waals surface area contributed by atoms with E-state index in [1.807, 2.05) is 18.2 Å². The van der Waals surface area contributed by atoms with Crippen molar-refractivity contribution < 1.29 is 10.2 Å². The molecule has 0 saturated heterocycles. The van der Waals surface area contributed by atoms with Crippen molar-refractivity contribution in [3.8, 4) is 22.1 Å². The second kappa shape index (κ2) is 4.26. The summed E-state index contributed by atoms with van der Waals surface area (Å²) in [7, 11) is 0. The van der Waals surface area contributed by atoms with Gasteiger partial charge in [0.2, 0.25) is 0 Å². The molecule has 0 aliphatic rings. The molecule has 1 heterocycles. The summed E-state index contributed by atoms with van der Waals surface area (Å²) < 4.78 is 2.00. The molecule has 3 nitrogen and oxygen atoms in total. The van der Waals surface area contributed by atoms with Crippen LogP contribution in [0.4, 0.5) is 0 Å². The quantitative estimate of drug-likeness (QED) is 0.662. The number of phenolic OH excluding ortho intramolecular Hbond substituents is 2. The molecule has 5 heteroatoms. The Morgan fingerprint density at radius 3 is 2.78 bits per heavy atom. The van der Waals surface area contributed by atoms with E-state index in [2.05, 4.69) is 20.9 Å². The Kier molecular flexibility index (Phi) is 2.72. The van der Waals surface area contributed by atoms with E-state index in [1.165, 1.54) is 17.4 Å². The Balaban J connectivity index is 2.22. The molecule has 18 heavy (non-hydrogen) atoms. The molecule has 0 radical (unpaired) electrons. The predicted molar refractivity (Wildman–Crippen MR) is 76.1 cm³/mol. The van der Waals surface area contributed by atoms with Gasteiger partial charge in [0, 0.05) is 4.47 Å². The number of para-hydroxylation sites is 1. The maximum Gasteiger partial charge on any atom is 0.167 e. The SMILES string of the molecule is Oc1cccc(-c2nc3cc(Br)ccc3s2)c1O. The fourth-order valence-corrected chi connectivity index (χ4v) is 3.04. The van der Waals surface area contributed by atoms with E-state index in [0.717, 1.165) is 14.7 Å². The topological polar surface area (TPSA) is 53.4 Å². The first-order chi connectivity index (χ1) is 8.65. The number of hydrogen-bond acceptors (Lipinski definition) is 4. The molecule has 3 rings (SSSR count). The van der Waals surface area contributed by atoms with Crippen LogP contribution < -0.4 is 0 Å². The van der Waals surface area contributed by atoms with Crippen LogP contribution in [0, 0.1) is 0 Å². The van der Waals surface area contributed by atoms with Crippen molar-refractivity contribution in [2.24, 2.45) is 0 Å². The summed E-state index contributed by atoms with van der Waals surface area (Å²) in [5.41, 5.74) is 1.42. The zero-order valence-electron chi connectivity index (χ0n) is 9.09. The van der Waals surface area contributed by atoms with Crippen molar-refractivity contribution in [3.05, 3.63) is 40.9 Å². The van der Waals surface area contributed by atoms with Crippen LogP contribution in [-0.4, -0.2) is 15.2 Å². The third-order valence-electron chi connectivity index (χ3n) is 2.59. The van der Waals surface area contributed by atoms with Crippen LogP contribution in [0.15, 0.2) is 40.9 Å². The average Bonchev–Trinajstić information content (AvgIpc) is 2.75. The van der Waals surface area contributed by atoms with E-state index in [1.54, 1.807) is 12.1 Å². The molecule has 3 aromatic rings. The van der Waals surface area contributed by atoms with Crippen LogP contribution in [-0.2, 0) is 0 Å². The van der Waals surface area contributed by atoms with Crippen molar-refractivity contribution in [3.63, 3.8) is 0 Å². The Morgan fingerprint density at radius 2 is 1.94 bits per heavy atom. The number of nitrogens with zero attached hydrogens (tertiary/aromatic N) is 1. The molecule has 0 fully saturated rings. The molecule has 0 unspecified atom stereocenters. The van der Waals surface area contributed by atoms with Crippen LogP contribution in [0.1, 0.15) is 0 Å². The number of phenols is 2. The monoisotopic (exact) mass is 321 g/mol. The molecule has 1 aromatic heterocycles. The molecule has 0 bridgehead atoms. The van der Waals surface area contributed by atoms with E-state index in [4.69, 9.17) is 0 Å². The van der Waals surface area contributed by atoms with Gasteiger partial charge in [0.25, 0.3) is 0 Å². The number of benzene rings is 2. The van der Waals surface area contributed by atoms with Crippen molar-refractivity contribution in [1.82, 2.24) is 4.98 Å². The van der Waals surface area contributed by atoms with Gasteiger partial charge in [-0.25, -0.2) is 4.98 Å². The molecular formula is C13H8BrNO2S. The van der Waals surface area contributed by atoms with Gasteiger partial charge >= 0.3 is 0 Å². The molecule has 2 N–H and O–H groups in total. The predicted octanol–water partition coefficient (Wildman–Crippen LogP) is 4.14. The highest BCUT2D eigenvalue weighted by Gasteiger charge is 2.12. The Labute approximate surface area is 115 Å². The molecule has 0 saturated carbocycles. The van der Waals surface area contributed by atoms with Crippen LogP contribution in [0.5, 0.6) is 11.5 Å². The van der Waals surface area contributed by atoms with Gasteiger partial charge in [0.1, 0.15) is 5.01 Å². The highest BCUT2D eigenvalue weighted by molar-refractivity contribution is 9.10. The van der Waals surface area contributed by atoms with Crippen molar-refractivity contribution in [2.45, 2.75) is 0 Å². The fraction of sp³-hybridized carbons (Fsp3) is 0. The number of aromatic nitrogens is 1. The number of thiazole rings is 1. The van der Waals surface area contributed by atoms with Crippen molar-refractivity contribution >= 4 is 37.5 Å². The van der Waals surface area contributed by atoms with Crippen LogP contribution in [0.25, 0.3) is 20.8 Å². The molecule has 90 valence electrons. The summed E-state index contributed by atoms with van der Waals surface area (Å²) >= 11 is 4.88. The van der Waals surface area contributed by atoms with E-state index in [9.17, 15) is 10.2 Å².